The number of methoxy groups -OCH3 is 1. The Hall–Kier alpha value is -1.69. The highest BCUT2D eigenvalue weighted by Crippen LogP contribution is 2.21. The van der Waals surface area contributed by atoms with Gasteiger partial charge < -0.3 is 14.8 Å². The van der Waals surface area contributed by atoms with Crippen molar-refractivity contribution in [1.29, 1.82) is 0 Å². The molecule has 5 nitrogen and oxygen atoms in total. The summed E-state index contributed by atoms with van der Waals surface area (Å²) >= 11 is 1.36. The summed E-state index contributed by atoms with van der Waals surface area (Å²) < 4.78 is 10.1. The molecule has 0 spiro atoms. The molecule has 0 unspecified atom stereocenters. The number of carbonyl (C=O) groups is 2. The molecule has 1 atom stereocenters. The topological polar surface area (TPSA) is 64.6 Å². The zero-order chi connectivity index (χ0) is 15.7. The largest absolute Gasteiger partial charge is 0.497 e. The van der Waals surface area contributed by atoms with Gasteiger partial charge in [0.2, 0.25) is 0 Å². The zero-order valence-corrected chi connectivity index (χ0v) is 13.4. The summed E-state index contributed by atoms with van der Waals surface area (Å²) in [6, 6.07) is 7.39. The molecule has 0 aromatic heterocycles. The highest BCUT2D eigenvalue weighted by Gasteiger charge is 2.17. The van der Waals surface area contributed by atoms with Crippen molar-refractivity contribution in [2.75, 3.05) is 19.4 Å². The molecule has 1 amide bonds. The third kappa shape index (κ3) is 6.53. The van der Waals surface area contributed by atoms with E-state index in [2.05, 4.69) is 5.32 Å². The lowest BCUT2D eigenvalue weighted by molar-refractivity contribution is -0.152. The third-order valence-electron chi connectivity index (χ3n) is 2.64. The number of carbonyl (C=O) groups excluding carboxylic acids is 2. The second-order valence-electron chi connectivity index (χ2n) is 4.39. The standard InChI is InChI=1S/C15H21NO4S/c1-4-9-16-15(18)11(2)20-14(17)10-21-13-7-5-12(19-3)6-8-13/h5-8,11H,4,9-10H2,1-3H3,(H,16,18)/t11-/m0/s1. The minimum atomic E-state index is -0.763. The number of rotatable bonds is 8. The van der Waals surface area contributed by atoms with Crippen molar-refractivity contribution in [3.05, 3.63) is 24.3 Å². The lowest BCUT2D eigenvalue weighted by atomic mass is 10.3. The van der Waals surface area contributed by atoms with E-state index in [4.69, 9.17) is 9.47 Å². The molecule has 1 aromatic carbocycles. The molecule has 6 heteroatoms. The fourth-order valence-electron chi connectivity index (χ4n) is 1.49. The summed E-state index contributed by atoms with van der Waals surface area (Å²) in [5.74, 6) is 0.260. The summed E-state index contributed by atoms with van der Waals surface area (Å²) in [4.78, 5) is 24.2. The summed E-state index contributed by atoms with van der Waals surface area (Å²) in [6.07, 6.45) is 0.0835. The van der Waals surface area contributed by atoms with Crippen LogP contribution >= 0.6 is 11.8 Å². The van der Waals surface area contributed by atoms with Crippen LogP contribution < -0.4 is 10.1 Å². The Morgan fingerprint density at radius 1 is 1.29 bits per heavy atom. The molecule has 1 N–H and O–H groups in total. The van der Waals surface area contributed by atoms with Crippen molar-refractivity contribution in [2.45, 2.75) is 31.3 Å². The predicted octanol–water partition coefficient (Wildman–Crippen LogP) is 2.25. The van der Waals surface area contributed by atoms with Crippen molar-refractivity contribution < 1.29 is 19.1 Å². The Bertz CT molecular complexity index is 461. The third-order valence-corrected chi connectivity index (χ3v) is 3.63. The number of hydrogen-bond acceptors (Lipinski definition) is 5. The number of benzene rings is 1. The molecule has 0 saturated heterocycles. The van der Waals surface area contributed by atoms with Crippen molar-refractivity contribution in [1.82, 2.24) is 5.32 Å². The van der Waals surface area contributed by atoms with E-state index in [0.717, 1.165) is 17.1 Å². The van der Waals surface area contributed by atoms with Gasteiger partial charge in [0, 0.05) is 11.4 Å². The fourth-order valence-corrected chi connectivity index (χ4v) is 2.17. The van der Waals surface area contributed by atoms with Crippen molar-refractivity contribution in [2.24, 2.45) is 0 Å². The van der Waals surface area contributed by atoms with Gasteiger partial charge in [-0.3, -0.25) is 9.59 Å². The maximum atomic E-state index is 11.7. The molecule has 21 heavy (non-hydrogen) atoms. The van der Waals surface area contributed by atoms with E-state index in [1.54, 1.807) is 14.0 Å². The van der Waals surface area contributed by atoms with Crippen LogP contribution in [0.25, 0.3) is 0 Å². The Balaban J connectivity index is 2.34. The van der Waals surface area contributed by atoms with Crippen molar-refractivity contribution in [3.63, 3.8) is 0 Å². The van der Waals surface area contributed by atoms with Gasteiger partial charge in [0.05, 0.1) is 12.9 Å². The van der Waals surface area contributed by atoms with Crippen molar-refractivity contribution >= 4 is 23.6 Å². The summed E-state index contributed by atoms with van der Waals surface area (Å²) in [5, 5.41) is 2.69. The minimum absolute atomic E-state index is 0.164. The molecule has 0 saturated carbocycles. The van der Waals surface area contributed by atoms with E-state index in [0.29, 0.717) is 6.54 Å². The Kier molecular flexibility index (Phi) is 7.68. The van der Waals surface area contributed by atoms with E-state index in [9.17, 15) is 9.59 Å². The van der Waals surface area contributed by atoms with Gasteiger partial charge in [0.15, 0.2) is 6.10 Å². The number of nitrogens with one attached hydrogen (secondary N) is 1. The second kappa shape index (κ2) is 9.28. The van der Waals surface area contributed by atoms with E-state index in [1.807, 2.05) is 31.2 Å². The van der Waals surface area contributed by atoms with Gasteiger partial charge in [-0.25, -0.2) is 0 Å². The molecule has 0 heterocycles. The molecule has 0 aliphatic rings. The van der Waals surface area contributed by atoms with Crippen LogP contribution in [0.4, 0.5) is 0 Å². The monoisotopic (exact) mass is 311 g/mol. The van der Waals surface area contributed by atoms with E-state index >= 15 is 0 Å². The van der Waals surface area contributed by atoms with Gasteiger partial charge >= 0.3 is 5.97 Å². The fraction of sp³-hybridized carbons (Fsp3) is 0.467. The molecular weight excluding hydrogens is 290 g/mol. The van der Waals surface area contributed by atoms with Gasteiger partial charge in [-0.05, 0) is 37.6 Å². The average molecular weight is 311 g/mol. The zero-order valence-electron chi connectivity index (χ0n) is 12.5. The predicted molar refractivity (Wildman–Crippen MR) is 82.6 cm³/mol. The molecule has 116 valence electrons. The number of hydrogen-bond donors (Lipinski definition) is 1. The molecule has 0 radical (unpaired) electrons. The first-order valence-corrected chi connectivity index (χ1v) is 7.79. The number of thioether (sulfide) groups is 1. The molecular formula is C15H21NO4S. The average Bonchev–Trinajstić information content (AvgIpc) is 2.50. The van der Waals surface area contributed by atoms with Crippen LogP contribution in [0.2, 0.25) is 0 Å². The van der Waals surface area contributed by atoms with Crippen LogP contribution in [0, 0.1) is 0 Å². The van der Waals surface area contributed by atoms with Crippen molar-refractivity contribution in [3.8, 4) is 5.75 Å². The second-order valence-corrected chi connectivity index (χ2v) is 5.44. The van der Waals surface area contributed by atoms with Crippen LogP contribution in [-0.2, 0) is 14.3 Å². The molecule has 0 aliphatic heterocycles. The van der Waals surface area contributed by atoms with Crippen LogP contribution in [0.3, 0.4) is 0 Å². The molecule has 0 aliphatic carbocycles. The first-order valence-electron chi connectivity index (χ1n) is 6.80. The quantitative estimate of drug-likeness (QED) is 0.589. The summed E-state index contributed by atoms with van der Waals surface area (Å²) in [5.41, 5.74) is 0. The van der Waals surface area contributed by atoms with Crippen LogP contribution in [0.5, 0.6) is 5.75 Å². The van der Waals surface area contributed by atoms with Crippen LogP contribution in [0.15, 0.2) is 29.2 Å². The summed E-state index contributed by atoms with van der Waals surface area (Å²) in [6.45, 7) is 4.12. The van der Waals surface area contributed by atoms with E-state index in [1.165, 1.54) is 11.8 Å². The van der Waals surface area contributed by atoms with E-state index in [-0.39, 0.29) is 11.7 Å². The number of ether oxygens (including phenoxy) is 2. The van der Waals surface area contributed by atoms with Gasteiger partial charge in [-0.15, -0.1) is 11.8 Å². The van der Waals surface area contributed by atoms with Gasteiger partial charge in [-0.1, -0.05) is 6.92 Å². The van der Waals surface area contributed by atoms with Gasteiger partial charge in [-0.2, -0.15) is 0 Å². The normalized spacial score (nSPS) is 11.6. The smallest absolute Gasteiger partial charge is 0.317 e. The lowest BCUT2D eigenvalue weighted by Crippen LogP contribution is -2.36. The maximum absolute atomic E-state index is 11.7. The number of esters is 1. The maximum Gasteiger partial charge on any atom is 0.317 e. The highest BCUT2D eigenvalue weighted by atomic mass is 32.2. The lowest BCUT2D eigenvalue weighted by Gasteiger charge is -2.13. The van der Waals surface area contributed by atoms with Gasteiger partial charge in [0.25, 0.3) is 5.91 Å². The first-order chi connectivity index (χ1) is 10.1. The van der Waals surface area contributed by atoms with Crippen LogP contribution in [0.1, 0.15) is 20.3 Å². The van der Waals surface area contributed by atoms with E-state index < -0.39 is 12.1 Å². The highest BCUT2D eigenvalue weighted by molar-refractivity contribution is 8.00. The Morgan fingerprint density at radius 2 is 1.95 bits per heavy atom. The van der Waals surface area contributed by atoms with Crippen LogP contribution in [-0.4, -0.2) is 37.4 Å². The van der Waals surface area contributed by atoms with Gasteiger partial charge in [0.1, 0.15) is 5.75 Å². The Morgan fingerprint density at radius 3 is 2.52 bits per heavy atom. The first kappa shape index (κ1) is 17.4. The number of amides is 1. The minimum Gasteiger partial charge on any atom is -0.497 e. The SMILES string of the molecule is CCCNC(=O)[C@H](C)OC(=O)CSc1ccc(OC)cc1. The molecule has 1 rings (SSSR count). The molecule has 1 aromatic rings. The Labute approximate surface area is 129 Å². The molecule has 0 fully saturated rings. The molecule has 0 bridgehead atoms. The summed E-state index contributed by atoms with van der Waals surface area (Å²) in [7, 11) is 1.60.